The highest BCUT2D eigenvalue weighted by Gasteiger charge is 2.29. The first-order chi connectivity index (χ1) is 8.92. The summed E-state index contributed by atoms with van der Waals surface area (Å²) in [5.41, 5.74) is -3.31. The Labute approximate surface area is 116 Å². The minimum absolute atomic E-state index is 0.0720. The van der Waals surface area contributed by atoms with Crippen LogP contribution in [-0.2, 0) is 0 Å². The van der Waals surface area contributed by atoms with E-state index >= 15 is 0 Å². The Morgan fingerprint density at radius 1 is 1.05 bits per heavy atom. The van der Waals surface area contributed by atoms with Gasteiger partial charge in [-0.1, -0.05) is 6.92 Å². The predicted molar refractivity (Wildman–Crippen MR) is 73.4 cm³/mol. The second kappa shape index (κ2) is 6.07. The van der Waals surface area contributed by atoms with Crippen molar-refractivity contribution in [1.29, 1.82) is 0 Å². The molecule has 0 aromatic heterocycles. The van der Waals surface area contributed by atoms with Gasteiger partial charge in [0.1, 0.15) is 0 Å². The highest BCUT2D eigenvalue weighted by Crippen LogP contribution is 2.37. The number of hydrogen-bond donors (Lipinski definition) is 1. The van der Waals surface area contributed by atoms with Gasteiger partial charge in [-0.05, 0) is 67.6 Å². The van der Waals surface area contributed by atoms with Crippen LogP contribution in [0.5, 0.6) is 0 Å². The van der Waals surface area contributed by atoms with Crippen molar-refractivity contribution in [3.63, 3.8) is 0 Å². The molecule has 5 heteroatoms. The zero-order valence-electron chi connectivity index (χ0n) is 10.8. The smallest absolute Gasteiger partial charge is 0.382 e. The lowest BCUT2D eigenvalue weighted by atomic mass is 9.87. The minimum Gasteiger partial charge on any atom is -0.382 e. The minimum atomic E-state index is -4.21. The van der Waals surface area contributed by atoms with Crippen molar-refractivity contribution in [2.75, 3.05) is 5.32 Å². The molecule has 2 rings (SSSR count). The molecule has 1 aromatic rings. The lowest BCUT2D eigenvalue weighted by Crippen LogP contribution is -2.25. The van der Waals surface area contributed by atoms with E-state index in [1.165, 1.54) is 25.0 Å². The van der Waals surface area contributed by atoms with Crippen molar-refractivity contribution in [2.24, 2.45) is 5.92 Å². The van der Waals surface area contributed by atoms with Gasteiger partial charge in [-0.3, -0.25) is 0 Å². The summed E-state index contributed by atoms with van der Waals surface area (Å²) in [7, 11) is 0. The van der Waals surface area contributed by atoms with Gasteiger partial charge in [-0.25, -0.2) is 0 Å². The van der Waals surface area contributed by atoms with Crippen LogP contribution in [0, 0.1) is 5.92 Å². The summed E-state index contributed by atoms with van der Waals surface area (Å²) >= 11 is -0.0720. The van der Waals surface area contributed by atoms with Gasteiger partial charge < -0.3 is 5.32 Å². The second-order valence-electron chi connectivity index (χ2n) is 5.17. The summed E-state index contributed by atoms with van der Waals surface area (Å²) in [4.78, 5) is 0.232. The first-order valence-electron chi connectivity index (χ1n) is 6.55. The number of hydrogen-bond acceptors (Lipinski definition) is 2. The molecule has 1 N–H and O–H groups in total. The second-order valence-corrected chi connectivity index (χ2v) is 6.31. The molecule has 1 nitrogen and oxygen atoms in total. The fourth-order valence-electron chi connectivity index (χ4n) is 2.39. The van der Waals surface area contributed by atoms with Crippen LogP contribution in [0.4, 0.5) is 18.9 Å². The fourth-order valence-corrected chi connectivity index (χ4v) is 2.93. The van der Waals surface area contributed by atoms with E-state index in [1.54, 1.807) is 12.1 Å². The van der Waals surface area contributed by atoms with Crippen molar-refractivity contribution in [3.8, 4) is 0 Å². The van der Waals surface area contributed by atoms with Crippen LogP contribution in [0.25, 0.3) is 0 Å². The SMILES string of the molecule is CC1CCC(Nc2ccc(SC(F)(F)F)cc2)CC1. The lowest BCUT2D eigenvalue weighted by molar-refractivity contribution is -0.0328. The molecule has 0 heterocycles. The van der Waals surface area contributed by atoms with E-state index in [0.29, 0.717) is 6.04 Å². The predicted octanol–water partition coefficient (Wildman–Crippen LogP) is 5.29. The summed E-state index contributed by atoms with van der Waals surface area (Å²) in [6, 6.07) is 6.95. The van der Waals surface area contributed by atoms with Gasteiger partial charge in [0.15, 0.2) is 0 Å². The number of rotatable bonds is 3. The Morgan fingerprint density at radius 3 is 2.16 bits per heavy atom. The van der Waals surface area contributed by atoms with Crippen molar-refractivity contribution >= 4 is 17.4 Å². The largest absolute Gasteiger partial charge is 0.446 e. The average Bonchev–Trinajstić information content (AvgIpc) is 2.33. The van der Waals surface area contributed by atoms with E-state index in [0.717, 1.165) is 24.4 Å². The van der Waals surface area contributed by atoms with Gasteiger partial charge in [0, 0.05) is 16.6 Å². The monoisotopic (exact) mass is 289 g/mol. The number of nitrogens with one attached hydrogen (secondary N) is 1. The van der Waals surface area contributed by atoms with Gasteiger partial charge in [0.2, 0.25) is 0 Å². The van der Waals surface area contributed by atoms with Gasteiger partial charge >= 0.3 is 5.51 Å². The molecule has 1 saturated carbocycles. The van der Waals surface area contributed by atoms with Crippen LogP contribution < -0.4 is 5.32 Å². The first kappa shape index (κ1) is 14.6. The van der Waals surface area contributed by atoms with Gasteiger partial charge in [-0.15, -0.1) is 0 Å². The Bertz CT molecular complexity index is 394. The third-order valence-electron chi connectivity index (χ3n) is 3.47. The maximum Gasteiger partial charge on any atom is 0.446 e. The third kappa shape index (κ3) is 4.97. The summed E-state index contributed by atoms with van der Waals surface area (Å²) in [5.74, 6) is 0.795. The molecule has 1 fully saturated rings. The molecular weight excluding hydrogens is 271 g/mol. The third-order valence-corrected chi connectivity index (χ3v) is 4.21. The molecule has 0 saturated heterocycles. The van der Waals surface area contributed by atoms with Crippen molar-refractivity contribution in [1.82, 2.24) is 0 Å². The topological polar surface area (TPSA) is 12.0 Å². The average molecular weight is 289 g/mol. The molecule has 1 aromatic carbocycles. The van der Waals surface area contributed by atoms with Crippen LogP contribution in [0.15, 0.2) is 29.2 Å². The Hall–Kier alpha value is -0.840. The summed E-state index contributed by atoms with van der Waals surface area (Å²) in [5, 5.41) is 3.40. The molecule has 0 radical (unpaired) electrons. The van der Waals surface area contributed by atoms with Crippen LogP contribution in [-0.4, -0.2) is 11.6 Å². The molecule has 106 valence electrons. The van der Waals surface area contributed by atoms with Crippen molar-refractivity contribution in [3.05, 3.63) is 24.3 Å². The van der Waals surface area contributed by atoms with Gasteiger partial charge in [-0.2, -0.15) is 13.2 Å². The van der Waals surface area contributed by atoms with Crippen molar-refractivity contribution < 1.29 is 13.2 Å². The van der Waals surface area contributed by atoms with E-state index in [9.17, 15) is 13.2 Å². The summed E-state index contributed by atoms with van der Waals surface area (Å²) in [6.45, 7) is 2.26. The molecule has 0 spiro atoms. The zero-order chi connectivity index (χ0) is 13.9. The normalized spacial score (nSPS) is 24.2. The number of anilines is 1. The number of alkyl halides is 3. The summed E-state index contributed by atoms with van der Waals surface area (Å²) < 4.78 is 36.6. The molecule has 0 aliphatic heterocycles. The molecule has 1 aliphatic rings. The Kier molecular flexibility index (Phi) is 4.66. The van der Waals surface area contributed by atoms with Crippen LogP contribution in [0.3, 0.4) is 0 Å². The van der Waals surface area contributed by atoms with Crippen molar-refractivity contribution in [2.45, 2.75) is 49.1 Å². The maximum atomic E-state index is 12.2. The molecule has 0 unspecified atom stereocenters. The Morgan fingerprint density at radius 2 is 1.63 bits per heavy atom. The zero-order valence-corrected chi connectivity index (χ0v) is 11.7. The number of benzene rings is 1. The van der Waals surface area contributed by atoms with Gasteiger partial charge in [0.25, 0.3) is 0 Å². The van der Waals surface area contributed by atoms with E-state index in [2.05, 4.69) is 12.2 Å². The highest BCUT2D eigenvalue weighted by atomic mass is 32.2. The molecule has 0 bridgehead atoms. The molecule has 0 amide bonds. The number of thioether (sulfide) groups is 1. The first-order valence-corrected chi connectivity index (χ1v) is 7.36. The van der Waals surface area contributed by atoms with E-state index in [-0.39, 0.29) is 16.7 Å². The van der Waals surface area contributed by atoms with Crippen LogP contribution in [0.2, 0.25) is 0 Å². The Balaban J connectivity index is 1.88. The quantitative estimate of drug-likeness (QED) is 0.759. The summed E-state index contributed by atoms with van der Waals surface area (Å²) in [6.07, 6.45) is 4.72. The standard InChI is InChI=1S/C14H18F3NS/c1-10-2-4-11(5-3-10)18-12-6-8-13(9-7-12)19-14(15,16)17/h6-11,18H,2-5H2,1H3. The number of halogens is 3. The molecule has 1 aliphatic carbocycles. The molecule has 19 heavy (non-hydrogen) atoms. The fraction of sp³-hybridized carbons (Fsp3) is 0.571. The van der Waals surface area contributed by atoms with E-state index in [4.69, 9.17) is 0 Å². The van der Waals surface area contributed by atoms with E-state index < -0.39 is 5.51 Å². The van der Waals surface area contributed by atoms with Crippen LogP contribution >= 0.6 is 11.8 Å². The maximum absolute atomic E-state index is 12.2. The van der Waals surface area contributed by atoms with Crippen LogP contribution in [0.1, 0.15) is 32.6 Å². The van der Waals surface area contributed by atoms with E-state index in [1.807, 2.05) is 0 Å². The molecule has 0 atom stereocenters. The van der Waals surface area contributed by atoms with Gasteiger partial charge in [0.05, 0.1) is 0 Å². The highest BCUT2D eigenvalue weighted by molar-refractivity contribution is 8.00. The molecular formula is C14H18F3NS. The lowest BCUT2D eigenvalue weighted by Gasteiger charge is -2.27.